The Morgan fingerprint density at radius 2 is 2.09 bits per heavy atom. The predicted molar refractivity (Wildman–Crippen MR) is 87.5 cm³/mol. The van der Waals surface area contributed by atoms with Gasteiger partial charge < -0.3 is 9.73 Å². The molecule has 2 aromatic heterocycles. The molecule has 0 aliphatic rings. The summed E-state index contributed by atoms with van der Waals surface area (Å²) >= 11 is 0. The lowest BCUT2D eigenvalue weighted by Gasteiger charge is -2.10. The highest BCUT2D eigenvalue weighted by molar-refractivity contribution is 6.02. The van der Waals surface area contributed by atoms with E-state index >= 15 is 0 Å². The fraction of sp³-hybridized carbons (Fsp3) is 0.235. The Kier molecular flexibility index (Phi) is 3.97. The second-order valence-electron chi connectivity index (χ2n) is 5.72. The molecule has 1 amide bonds. The lowest BCUT2D eigenvalue weighted by molar-refractivity contribution is 0.0996. The van der Waals surface area contributed by atoms with Crippen LogP contribution in [0.25, 0.3) is 11.0 Å². The fourth-order valence-corrected chi connectivity index (χ4v) is 2.32. The highest BCUT2D eigenvalue weighted by Gasteiger charge is 2.14. The molecular formula is C17H17N3O3. The third-order valence-electron chi connectivity index (χ3n) is 3.35. The number of nitrogens with one attached hydrogen (secondary N) is 1. The average Bonchev–Trinajstić information content (AvgIpc) is 2.93. The van der Waals surface area contributed by atoms with Crippen LogP contribution in [-0.2, 0) is 6.54 Å². The van der Waals surface area contributed by atoms with Crippen molar-refractivity contribution in [3.05, 3.63) is 58.6 Å². The molecule has 0 aliphatic heterocycles. The zero-order valence-corrected chi connectivity index (χ0v) is 12.9. The first-order valence-corrected chi connectivity index (χ1v) is 7.40. The monoisotopic (exact) mass is 311 g/mol. The van der Waals surface area contributed by atoms with Crippen molar-refractivity contribution < 1.29 is 9.21 Å². The number of nitrogens with zero attached hydrogens (tertiary/aromatic N) is 2. The number of hydrogen-bond acceptors (Lipinski definition) is 4. The number of carbonyl (C=O) groups is 1. The molecule has 2 heterocycles. The first-order valence-electron chi connectivity index (χ1n) is 7.40. The van der Waals surface area contributed by atoms with Crippen LogP contribution in [-0.4, -0.2) is 15.7 Å². The van der Waals surface area contributed by atoms with Crippen LogP contribution in [0.4, 0.5) is 5.82 Å². The van der Waals surface area contributed by atoms with Gasteiger partial charge in [-0.3, -0.25) is 9.59 Å². The van der Waals surface area contributed by atoms with Gasteiger partial charge in [0.1, 0.15) is 11.4 Å². The summed E-state index contributed by atoms with van der Waals surface area (Å²) < 4.78 is 7.24. The van der Waals surface area contributed by atoms with Crippen molar-refractivity contribution in [3.8, 4) is 0 Å². The van der Waals surface area contributed by atoms with Gasteiger partial charge in [0.15, 0.2) is 11.2 Å². The predicted octanol–water partition coefficient (Wildman–Crippen LogP) is 2.90. The van der Waals surface area contributed by atoms with Crippen LogP contribution in [0.3, 0.4) is 0 Å². The molecule has 0 aliphatic carbocycles. The summed E-state index contributed by atoms with van der Waals surface area (Å²) in [5.41, 5.74) is 0.147. The van der Waals surface area contributed by atoms with Crippen LogP contribution >= 0.6 is 0 Å². The third-order valence-corrected chi connectivity index (χ3v) is 3.35. The topological polar surface area (TPSA) is 77.1 Å². The summed E-state index contributed by atoms with van der Waals surface area (Å²) in [7, 11) is 0. The molecule has 0 saturated carbocycles. The summed E-state index contributed by atoms with van der Waals surface area (Å²) in [4.78, 5) is 24.4. The minimum absolute atomic E-state index is 0.0222. The maximum absolute atomic E-state index is 12.4. The van der Waals surface area contributed by atoms with E-state index in [1.54, 1.807) is 41.2 Å². The molecule has 0 bridgehead atoms. The van der Waals surface area contributed by atoms with Gasteiger partial charge in [-0.25, -0.2) is 4.68 Å². The smallest absolute Gasteiger partial charge is 0.292 e. The summed E-state index contributed by atoms with van der Waals surface area (Å²) in [5.74, 6) is 0.466. The molecule has 3 aromatic rings. The number of para-hydroxylation sites is 1. The molecule has 1 N–H and O–H groups in total. The second kappa shape index (κ2) is 6.08. The third kappa shape index (κ3) is 3.15. The molecule has 0 saturated heterocycles. The number of fused-ring (bicyclic) bond motifs is 1. The Hall–Kier alpha value is -2.89. The average molecular weight is 311 g/mol. The highest BCUT2D eigenvalue weighted by Crippen LogP contribution is 2.14. The van der Waals surface area contributed by atoms with Crippen molar-refractivity contribution in [3.63, 3.8) is 0 Å². The molecule has 118 valence electrons. The largest absolute Gasteiger partial charge is 0.451 e. The lowest BCUT2D eigenvalue weighted by atomic mass is 10.2. The normalized spacial score (nSPS) is 11.1. The minimum Gasteiger partial charge on any atom is -0.451 e. The van der Waals surface area contributed by atoms with Gasteiger partial charge in [-0.1, -0.05) is 26.0 Å². The Balaban J connectivity index is 1.90. The van der Waals surface area contributed by atoms with Crippen molar-refractivity contribution in [1.29, 1.82) is 0 Å². The fourth-order valence-electron chi connectivity index (χ4n) is 2.32. The Morgan fingerprint density at radius 1 is 1.30 bits per heavy atom. The summed E-state index contributed by atoms with van der Waals surface area (Å²) in [6.45, 7) is 4.82. The molecule has 6 heteroatoms. The summed E-state index contributed by atoms with van der Waals surface area (Å²) in [5, 5.41) is 7.37. The lowest BCUT2D eigenvalue weighted by Crippen LogP contribution is -2.18. The first kappa shape index (κ1) is 15.0. The van der Waals surface area contributed by atoms with Crippen molar-refractivity contribution in [1.82, 2.24) is 9.78 Å². The molecule has 0 fully saturated rings. The van der Waals surface area contributed by atoms with Crippen molar-refractivity contribution in [2.24, 2.45) is 5.92 Å². The van der Waals surface area contributed by atoms with E-state index in [4.69, 9.17) is 4.42 Å². The van der Waals surface area contributed by atoms with E-state index in [-0.39, 0.29) is 11.2 Å². The minimum atomic E-state index is -0.474. The van der Waals surface area contributed by atoms with Crippen molar-refractivity contribution >= 4 is 22.7 Å². The van der Waals surface area contributed by atoms with Crippen molar-refractivity contribution in [2.45, 2.75) is 20.4 Å². The summed E-state index contributed by atoms with van der Waals surface area (Å²) in [6, 6.07) is 9.76. The number of anilines is 1. The van der Waals surface area contributed by atoms with Crippen LogP contribution in [0.5, 0.6) is 0 Å². The van der Waals surface area contributed by atoms with Gasteiger partial charge >= 0.3 is 0 Å². The number of carbonyl (C=O) groups excluding carboxylic acids is 1. The van der Waals surface area contributed by atoms with E-state index in [2.05, 4.69) is 24.3 Å². The van der Waals surface area contributed by atoms with Gasteiger partial charge in [0.05, 0.1) is 11.6 Å². The Labute approximate surface area is 132 Å². The van der Waals surface area contributed by atoms with E-state index in [0.29, 0.717) is 29.2 Å². The summed E-state index contributed by atoms with van der Waals surface area (Å²) in [6.07, 6.45) is 1.62. The SMILES string of the molecule is CC(C)Cn1nccc1NC(=O)c1cc(=O)c2ccccc2o1. The number of aromatic nitrogens is 2. The van der Waals surface area contributed by atoms with Gasteiger partial charge in [-0.15, -0.1) is 0 Å². The quantitative estimate of drug-likeness (QED) is 0.803. The van der Waals surface area contributed by atoms with Crippen LogP contribution in [0.15, 0.2) is 51.8 Å². The van der Waals surface area contributed by atoms with E-state index in [1.165, 1.54) is 6.07 Å². The molecule has 23 heavy (non-hydrogen) atoms. The van der Waals surface area contributed by atoms with Crippen molar-refractivity contribution in [2.75, 3.05) is 5.32 Å². The molecule has 0 unspecified atom stereocenters. The molecule has 3 rings (SSSR count). The number of benzene rings is 1. The molecule has 0 spiro atoms. The van der Waals surface area contributed by atoms with Gasteiger partial charge in [0.2, 0.25) is 0 Å². The maximum atomic E-state index is 12.4. The number of rotatable bonds is 4. The van der Waals surface area contributed by atoms with Gasteiger partial charge in [0, 0.05) is 18.7 Å². The van der Waals surface area contributed by atoms with Crippen LogP contribution in [0.1, 0.15) is 24.4 Å². The highest BCUT2D eigenvalue weighted by atomic mass is 16.3. The van der Waals surface area contributed by atoms with Gasteiger partial charge in [0.25, 0.3) is 5.91 Å². The molecular weight excluding hydrogens is 294 g/mol. The number of amides is 1. The molecule has 0 radical (unpaired) electrons. The zero-order chi connectivity index (χ0) is 16.4. The van der Waals surface area contributed by atoms with Gasteiger partial charge in [-0.2, -0.15) is 5.10 Å². The van der Waals surface area contributed by atoms with E-state index in [1.807, 2.05) is 0 Å². The van der Waals surface area contributed by atoms with E-state index < -0.39 is 5.91 Å². The second-order valence-corrected chi connectivity index (χ2v) is 5.72. The first-order chi connectivity index (χ1) is 11.0. The van der Waals surface area contributed by atoms with E-state index in [0.717, 1.165) is 0 Å². The van der Waals surface area contributed by atoms with Gasteiger partial charge in [-0.05, 0) is 18.1 Å². The standard InChI is InChI=1S/C17H17N3O3/c1-11(2)10-20-16(7-8-18-20)19-17(22)15-9-13(21)12-5-3-4-6-14(12)23-15/h3-9,11H,10H2,1-2H3,(H,19,22). The number of hydrogen-bond donors (Lipinski definition) is 1. The molecule has 1 aromatic carbocycles. The van der Waals surface area contributed by atoms with Crippen LogP contribution in [0, 0.1) is 5.92 Å². The molecule has 6 nitrogen and oxygen atoms in total. The zero-order valence-electron chi connectivity index (χ0n) is 12.9. The Morgan fingerprint density at radius 3 is 2.87 bits per heavy atom. The maximum Gasteiger partial charge on any atom is 0.292 e. The molecule has 0 atom stereocenters. The van der Waals surface area contributed by atoms with Crippen LogP contribution in [0.2, 0.25) is 0 Å². The van der Waals surface area contributed by atoms with Crippen LogP contribution < -0.4 is 10.7 Å². The Bertz CT molecular complexity index is 909. The van der Waals surface area contributed by atoms with E-state index in [9.17, 15) is 9.59 Å².